The first-order chi connectivity index (χ1) is 6.79. The quantitative estimate of drug-likeness (QED) is 0.777. The van der Waals surface area contributed by atoms with E-state index in [1.54, 1.807) is 6.92 Å². The topological polar surface area (TPSA) is 64.9 Å². The molecule has 2 aromatic rings. The fourth-order valence-corrected chi connectivity index (χ4v) is 1.25. The Hall–Kier alpha value is -1.68. The second-order valence-corrected chi connectivity index (χ2v) is 3.05. The molecule has 1 aromatic heterocycles. The molecule has 0 fully saturated rings. The Kier molecular flexibility index (Phi) is 2.28. The normalized spacial score (nSPS) is 10.4. The van der Waals surface area contributed by atoms with E-state index in [0.29, 0.717) is 18.3 Å². The van der Waals surface area contributed by atoms with Gasteiger partial charge in [0.05, 0.1) is 0 Å². The SMILES string of the molecule is Cc1noc(-c2cccc(CN)c2)n1. The van der Waals surface area contributed by atoms with Crippen LogP contribution in [0.5, 0.6) is 0 Å². The molecule has 0 amide bonds. The summed E-state index contributed by atoms with van der Waals surface area (Å²) in [5.41, 5.74) is 7.50. The summed E-state index contributed by atoms with van der Waals surface area (Å²) in [6.07, 6.45) is 0. The van der Waals surface area contributed by atoms with Crippen LogP contribution in [0.3, 0.4) is 0 Å². The van der Waals surface area contributed by atoms with Gasteiger partial charge in [0.2, 0.25) is 0 Å². The van der Waals surface area contributed by atoms with E-state index in [-0.39, 0.29) is 0 Å². The van der Waals surface area contributed by atoms with E-state index in [2.05, 4.69) is 10.1 Å². The molecule has 14 heavy (non-hydrogen) atoms. The van der Waals surface area contributed by atoms with Crippen molar-refractivity contribution in [2.45, 2.75) is 13.5 Å². The van der Waals surface area contributed by atoms with E-state index in [9.17, 15) is 0 Å². The minimum atomic E-state index is 0.515. The molecule has 0 aliphatic heterocycles. The minimum Gasteiger partial charge on any atom is -0.334 e. The van der Waals surface area contributed by atoms with Crippen molar-refractivity contribution in [3.05, 3.63) is 35.7 Å². The lowest BCUT2D eigenvalue weighted by atomic mass is 10.1. The van der Waals surface area contributed by atoms with Gasteiger partial charge in [-0.05, 0) is 24.6 Å². The van der Waals surface area contributed by atoms with Crippen molar-refractivity contribution in [1.29, 1.82) is 0 Å². The lowest BCUT2D eigenvalue weighted by Crippen LogP contribution is -1.95. The lowest BCUT2D eigenvalue weighted by Gasteiger charge is -1.97. The largest absolute Gasteiger partial charge is 0.334 e. The molecular weight excluding hydrogens is 178 g/mol. The molecular formula is C10H11N3O. The molecule has 0 radical (unpaired) electrons. The van der Waals surface area contributed by atoms with Gasteiger partial charge in [-0.25, -0.2) is 0 Å². The van der Waals surface area contributed by atoms with Gasteiger partial charge in [0.15, 0.2) is 5.82 Å². The summed E-state index contributed by atoms with van der Waals surface area (Å²) in [6.45, 7) is 2.31. The number of nitrogens with two attached hydrogens (primary N) is 1. The molecule has 1 heterocycles. The number of nitrogens with zero attached hydrogens (tertiary/aromatic N) is 2. The number of aryl methyl sites for hydroxylation is 1. The average molecular weight is 189 g/mol. The summed E-state index contributed by atoms with van der Waals surface area (Å²) < 4.78 is 5.05. The van der Waals surface area contributed by atoms with E-state index in [4.69, 9.17) is 10.3 Å². The van der Waals surface area contributed by atoms with E-state index in [1.807, 2.05) is 24.3 Å². The first-order valence-electron chi connectivity index (χ1n) is 4.39. The predicted molar refractivity (Wildman–Crippen MR) is 52.4 cm³/mol. The number of benzene rings is 1. The molecule has 2 N–H and O–H groups in total. The van der Waals surface area contributed by atoms with Crippen LogP contribution in [0.25, 0.3) is 11.5 Å². The zero-order valence-corrected chi connectivity index (χ0v) is 7.90. The number of hydrogen-bond acceptors (Lipinski definition) is 4. The summed E-state index contributed by atoms with van der Waals surface area (Å²) in [5, 5.41) is 3.73. The smallest absolute Gasteiger partial charge is 0.257 e. The molecule has 4 heteroatoms. The molecule has 1 aromatic carbocycles. The molecule has 0 spiro atoms. The number of rotatable bonds is 2. The Bertz CT molecular complexity index is 436. The highest BCUT2D eigenvalue weighted by molar-refractivity contribution is 5.53. The van der Waals surface area contributed by atoms with Gasteiger partial charge >= 0.3 is 0 Å². The van der Waals surface area contributed by atoms with Gasteiger partial charge < -0.3 is 10.3 Å². The summed E-state index contributed by atoms with van der Waals surface area (Å²) in [6, 6.07) is 7.77. The van der Waals surface area contributed by atoms with Crippen molar-refractivity contribution < 1.29 is 4.52 Å². The van der Waals surface area contributed by atoms with Gasteiger partial charge in [0, 0.05) is 12.1 Å². The van der Waals surface area contributed by atoms with Crippen molar-refractivity contribution >= 4 is 0 Å². The van der Waals surface area contributed by atoms with Crippen molar-refractivity contribution in [1.82, 2.24) is 10.1 Å². The van der Waals surface area contributed by atoms with Crippen LogP contribution < -0.4 is 5.73 Å². The maximum absolute atomic E-state index is 5.54. The van der Waals surface area contributed by atoms with Crippen LogP contribution in [0.4, 0.5) is 0 Å². The highest BCUT2D eigenvalue weighted by atomic mass is 16.5. The summed E-state index contributed by atoms with van der Waals surface area (Å²) in [5.74, 6) is 1.18. The first kappa shape index (κ1) is 8.90. The molecule has 72 valence electrons. The van der Waals surface area contributed by atoms with E-state index in [0.717, 1.165) is 11.1 Å². The van der Waals surface area contributed by atoms with Crippen LogP contribution in [0.2, 0.25) is 0 Å². The Balaban J connectivity index is 2.41. The van der Waals surface area contributed by atoms with E-state index < -0.39 is 0 Å². The Labute approximate surface area is 81.7 Å². The zero-order chi connectivity index (χ0) is 9.97. The minimum absolute atomic E-state index is 0.515. The van der Waals surface area contributed by atoms with Crippen LogP contribution in [0, 0.1) is 6.92 Å². The molecule has 0 saturated carbocycles. The van der Waals surface area contributed by atoms with Crippen LogP contribution in [-0.4, -0.2) is 10.1 Å². The van der Waals surface area contributed by atoms with Crippen molar-refractivity contribution in [3.8, 4) is 11.5 Å². The molecule has 0 saturated heterocycles. The Morgan fingerprint density at radius 1 is 1.43 bits per heavy atom. The molecule has 0 bridgehead atoms. The monoisotopic (exact) mass is 189 g/mol. The summed E-state index contributed by atoms with van der Waals surface area (Å²) in [4.78, 5) is 4.14. The maximum atomic E-state index is 5.54. The Morgan fingerprint density at radius 3 is 2.93 bits per heavy atom. The van der Waals surface area contributed by atoms with Crippen molar-refractivity contribution in [2.24, 2.45) is 5.73 Å². The third-order valence-corrected chi connectivity index (χ3v) is 1.94. The third kappa shape index (κ3) is 1.65. The van der Waals surface area contributed by atoms with Gasteiger partial charge in [-0.15, -0.1) is 0 Å². The fourth-order valence-electron chi connectivity index (χ4n) is 1.25. The van der Waals surface area contributed by atoms with E-state index in [1.165, 1.54) is 0 Å². The number of hydrogen-bond donors (Lipinski definition) is 1. The highest BCUT2D eigenvalue weighted by Crippen LogP contribution is 2.17. The lowest BCUT2D eigenvalue weighted by molar-refractivity contribution is 0.425. The molecule has 0 atom stereocenters. The summed E-state index contributed by atoms with van der Waals surface area (Å²) in [7, 11) is 0. The maximum Gasteiger partial charge on any atom is 0.257 e. The van der Waals surface area contributed by atoms with Crippen molar-refractivity contribution in [3.63, 3.8) is 0 Å². The standard InChI is InChI=1S/C10H11N3O/c1-7-12-10(14-13-7)9-4-2-3-8(5-9)6-11/h2-5H,6,11H2,1H3. The third-order valence-electron chi connectivity index (χ3n) is 1.94. The van der Waals surface area contributed by atoms with Crippen molar-refractivity contribution in [2.75, 3.05) is 0 Å². The molecule has 0 aliphatic rings. The molecule has 0 aliphatic carbocycles. The Morgan fingerprint density at radius 2 is 2.29 bits per heavy atom. The van der Waals surface area contributed by atoms with Crippen LogP contribution in [0.15, 0.2) is 28.8 Å². The van der Waals surface area contributed by atoms with Crippen LogP contribution in [0.1, 0.15) is 11.4 Å². The average Bonchev–Trinajstić information content (AvgIpc) is 2.65. The van der Waals surface area contributed by atoms with Gasteiger partial charge in [0.1, 0.15) is 0 Å². The summed E-state index contributed by atoms with van der Waals surface area (Å²) >= 11 is 0. The van der Waals surface area contributed by atoms with Gasteiger partial charge in [-0.2, -0.15) is 4.98 Å². The predicted octanol–water partition coefficient (Wildman–Crippen LogP) is 1.50. The van der Waals surface area contributed by atoms with E-state index >= 15 is 0 Å². The highest BCUT2D eigenvalue weighted by Gasteiger charge is 2.05. The van der Waals surface area contributed by atoms with Gasteiger partial charge in [-0.1, -0.05) is 17.3 Å². The second-order valence-electron chi connectivity index (χ2n) is 3.05. The molecule has 2 rings (SSSR count). The van der Waals surface area contributed by atoms with Crippen LogP contribution >= 0.6 is 0 Å². The molecule has 4 nitrogen and oxygen atoms in total. The first-order valence-corrected chi connectivity index (χ1v) is 4.39. The van der Waals surface area contributed by atoms with Gasteiger partial charge in [0.25, 0.3) is 5.89 Å². The number of aromatic nitrogens is 2. The zero-order valence-electron chi connectivity index (χ0n) is 7.90. The molecule has 0 unspecified atom stereocenters. The van der Waals surface area contributed by atoms with Gasteiger partial charge in [-0.3, -0.25) is 0 Å². The fraction of sp³-hybridized carbons (Fsp3) is 0.200. The van der Waals surface area contributed by atoms with Crippen LogP contribution in [-0.2, 0) is 6.54 Å². The second kappa shape index (κ2) is 3.59.